The molecule has 0 aromatic heterocycles. The van der Waals surface area contributed by atoms with Gasteiger partial charge in [0.05, 0.1) is 5.56 Å². The van der Waals surface area contributed by atoms with E-state index in [0.717, 1.165) is 11.6 Å². The van der Waals surface area contributed by atoms with Gasteiger partial charge in [-0.25, -0.2) is 8.78 Å². The summed E-state index contributed by atoms with van der Waals surface area (Å²) in [4.78, 5) is 12.2. The van der Waals surface area contributed by atoms with Crippen molar-refractivity contribution >= 4 is 28.8 Å². The molecule has 6 heteroatoms. The monoisotopic (exact) mass is 306 g/mol. The second-order valence-electron chi connectivity index (χ2n) is 4.45. The van der Waals surface area contributed by atoms with Gasteiger partial charge in [0.15, 0.2) is 11.6 Å². The van der Waals surface area contributed by atoms with Crippen molar-refractivity contribution < 1.29 is 13.6 Å². The van der Waals surface area contributed by atoms with Crippen molar-refractivity contribution in [3.63, 3.8) is 0 Å². The van der Waals surface area contributed by atoms with E-state index in [1.165, 1.54) is 12.1 Å². The van der Waals surface area contributed by atoms with Crippen LogP contribution in [-0.2, 0) is 0 Å². The van der Waals surface area contributed by atoms with E-state index in [9.17, 15) is 13.6 Å². The highest BCUT2D eigenvalue weighted by Crippen LogP contribution is 2.19. The van der Waals surface area contributed by atoms with Crippen molar-refractivity contribution in [1.82, 2.24) is 0 Å². The van der Waals surface area contributed by atoms with E-state index < -0.39 is 17.5 Å². The quantitative estimate of drug-likeness (QED) is 0.857. The van der Waals surface area contributed by atoms with Crippen LogP contribution in [0.4, 0.5) is 14.5 Å². The standard InChI is InChI=1S/C15H12F2N2OS/c1-8-5-6-9(14(18)21)7-12(8)19-15(20)10-3-2-4-11(16)13(10)17/h2-7H,1H3,(H2,18,21)(H,19,20). The summed E-state index contributed by atoms with van der Waals surface area (Å²) < 4.78 is 26.7. The number of hydrogen-bond acceptors (Lipinski definition) is 2. The third-order valence-electron chi connectivity index (χ3n) is 2.97. The zero-order valence-corrected chi connectivity index (χ0v) is 11.9. The van der Waals surface area contributed by atoms with Gasteiger partial charge in [0.2, 0.25) is 0 Å². The zero-order valence-electron chi connectivity index (χ0n) is 11.1. The molecule has 0 saturated heterocycles. The molecule has 0 aliphatic rings. The fourth-order valence-electron chi connectivity index (χ4n) is 1.78. The Labute approximate surface area is 125 Å². The first kappa shape index (κ1) is 15.1. The van der Waals surface area contributed by atoms with Crippen molar-refractivity contribution in [2.24, 2.45) is 5.73 Å². The van der Waals surface area contributed by atoms with Gasteiger partial charge in [-0.05, 0) is 30.7 Å². The average molecular weight is 306 g/mol. The molecule has 0 unspecified atom stereocenters. The van der Waals surface area contributed by atoms with Crippen molar-refractivity contribution in [1.29, 1.82) is 0 Å². The Bertz CT molecular complexity index is 732. The predicted molar refractivity (Wildman–Crippen MR) is 81.4 cm³/mol. The number of amides is 1. The molecule has 0 heterocycles. The first-order valence-electron chi connectivity index (χ1n) is 6.06. The van der Waals surface area contributed by atoms with Crippen molar-refractivity contribution in [3.8, 4) is 0 Å². The van der Waals surface area contributed by atoms with E-state index in [0.29, 0.717) is 11.3 Å². The molecule has 0 fully saturated rings. The van der Waals surface area contributed by atoms with Crippen LogP contribution in [0, 0.1) is 18.6 Å². The van der Waals surface area contributed by atoms with Gasteiger partial charge < -0.3 is 11.1 Å². The lowest BCUT2D eigenvalue weighted by Gasteiger charge is -2.11. The maximum absolute atomic E-state index is 13.6. The zero-order chi connectivity index (χ0) is 15.6. The Morgan fingerprint density at radius 3 is 2.62 bits per heavy atom. The van der Waals surface area contributed by atoms with Crippen molar-refractivity contribution in [3.05, 3.63) is 64.7 Å². The Balaban J connectivity index is 2.33. The molecular formula is C15H12F2N2OS. The number of nitrogens with one attached hydrogen (secondary N) is 1. The first-order valence-corrected chi connectivity index (χ1v) is 6.47. The molecule has 1 amide bonds. The topological polar surface area (TPSA) is 55.1 Å². The van der Waals surface area contributed by atoms with E-state index in [4.69, 9.17) is 18.0 Å². The summed E-state index contributed by atoms with van der Waals surface area (Å²) >= 11 is 4.87. The second kappa shape index (κ2) is 5.97. The highest BCUT2D eigenvalue weighted by molar-refractivity contribution is 7.80. The number of carbonyl (C=O) groups is 1. The minimum atomic E-state index is -1.18. The van der Waals surface area contributed by atoms with Gasteiger partial charge in [-0.15, -0.1) is 0 Å². The highest BCUT2D eigenvalue weighted by Gasteiger charge is 2.16. The van der Waals surface area contributed by atoms with Gasteiger partial charge in [0.25, 0.3) is 5.91 Å². The summed E-state index contributed by atoms with van der Waals surface area (Å²) in [5, 5.41) is 2.53. The van der Waals surface area contributed by atoms with Crippen LogP contribution < -0.4 is 11.1 Å². The van der Waals surface area contributed by atoms with Crippen LogP contribution in [0.25, 0.3) is 0 Å². The molecule has 0 spiro atoms. The smallest absolute Gasteiger partial charge is 0.258 e. The Kier molecular flexibility index (Phi) is 4.28. The third-order valence-corrected chi connectivity index (χ3v) is 3.20. The summed E-state index contributed by atoms with van der Waals surface area (Å²) in [5.41, 5.74) is 6.93. The van der Waals surface area contributed by atoms with Crippen LogP contribution in [0.5, 0.6) is 0 Å². The minimum Gasteiger partial charge on any atom is -0.389 e. The van der Waals surface area contributed by atoms with E-state index in [1.807, 2.05) is 0 Å². The van der Waals surface area contributed by atoms with E-state index in [2.05, 4.69) is 5.32 Å². The SMILES string of the molecule is Cc1ccc(C(N)=S)cc1NC(=O)c1cccc(F)c1F. The molecule has 3 nitrogen and oxygen atoms in total. The van der Waals surface area contributed by atoms with Gasteiger partial charge in [0.1, 0.15) is 4.99 Å². The van der Waals surface area contributed by atoms with Crippen LogP contribution in [0.2, 0.25) is 0 Å². The molecule has 0 radical (unpaired) electrons. The molecular weight excluding hydrogens is 294 g/mol. The number of anilines is 1. The normalized spacial score (nSPS) is 10.2. The number of nitrogens with two attached hydrogens (primary N) is 1. The summed E-state index contributed by atoms with van der Waals surface area (Å²) in [6.45, 7) is 1.76. The number of halogens is 2. The Hall–Kier alpha value is -2.34. The number of hydrogen-bond donors (Lipinski definition) is 2. The molecule has 108 valence electrons. The fourth-order valence-corrected chi connectivity index (χ4v) is 1.91. The maximum Gasteiger partial charge on any atom is 0.258 e. The second-order valence-corrected chi connectivity index (χ2v) is 4.89. The van der Waals surface area contributed by atoms with Crippen LogP contribution in [-0.4, -0.2) is 10.9 Å². The van der Waals surface area contributed by atoms with Crippen LogP contribution >= 0.6 is 12.2 Å². The maximum atomic E-state index is 13.6. The number of rotatable bonds is 3. The van der Waals surface area contributed by atoms with Gasteiger partial charge in [0, 0.05) is 11.3 Å². The lowest BCUT2D eigenvalue weighted by molar-refractivity contribution is 0.102. The van der Waals surface area contributed by atoms with Crippen molar-refractivity contribution in [2.75, 3.05) is 5.32 Å². The lowest BCUT2D eigenvalue weighted by atomic mass is 10.1. The van der Waals surface area contributed by atoms with E-state index >= 15 is 0 Å². The molecule has 0 atom stereocenters. The van der Waals surface area contributed by atoms with Crippen LogP contribution in [0.1, 0.15) is 21.5 Å². The molecule has 2 aromatic rings. The summed E-state index contributed by atoms with van der Waals surface area (Å²) in [6, 6.07) is 8.46. The number of carbonyl (C=O) groups excluding carboxylic acids is 1. The predicted octanol–water partition coefficient (Wildman–Crippen LogP) is 3.16. The van der Waals surface area contributed by atoms with Gasteiger partial charge in [-0.1, -0.05) is 30.4 Å². The third kappa shape index (κ3) is 3.22. The molecule has 3 N–H and O–H groups in total. The van der Waals surface area contributed by atoms with E-state index in [1.54, 1.807) is 25.1 Å². The molecule has 0 bridgehead atoms. The molecule has 21 heavy (non-hydrogen) atoms. The molecule has 2 rings (SSSR count). The van der Waals surface area contributed by atoms with Gasteiger partial charge >= 0.3 is 0 Å². The van der Waals surface area contributed by atoms with Gasteiger partial charge in [-0.2, -0.15) is 0 Å². The number of aryl methyl sites for hydroxylation is 1. The fraction of sp³-hybridized carbons (Fsp3) is 0.0667. The minimum absolute atomic E-state index is 0.183. The molecule has 0 aliphatic carbocycles. The average Bonchev–Trinajstić information content (AvgIpc) is 2.43. The van der Waals surface area contributed by atoms with Crippen molar-refractivity contribution in [2.45, 2.75) is 6.92 Å². The Morgan fingerprint density at radius 1 is 1.24 bits per heavy atom. The summed E-state index contributed by atoms with van der Waals surface area (Å²) in [5.74, 6) is -3.00. The lowest BCUT2D eigenvalue weighted by Crippen LogP contribution is -2.16. The number of benzene rings is 2. The highest BCUT2D eigenvalue weighted by atomic mass is 32.1. The van der Waals surface area contributed by atoms with Crippen LogP contribution in [0.3, 0.4) is 0 Å². The van der Waals surface area contributed by atoms with Crippen LogP contribution in [0.15, 0.2) is 36.4 Å². The summed E-state index contributed by atoms with van der Waals surface area (Å²) in [7, 11) is 0. The number of thiocarbonyl (C=S) groups is 1. The van der Waals surface area contributed by atoms with E-state index in [-0.39, 0.29) is 10.6 Å². The largest absolute Gasteiger partial charge is 0.389 e. The molecule has 0 saturated carbocycles. The summed E-state index contributed by atoms with van der Waals surface area (Å²) in [6.07, 6.45) is 0. The first-order chi connectivity index (χ1) is 9.90. The Morgan fingerprint density at radius 2 is 1.95 bits per heavy atom. The molecule has 0 aliphatic heterocycles. The van der Waals surface area contributed by atoms with Gasteiger partial charge in [-0.3, -0.25) is 4.79 Å². The molecule has 2 aromatic carbocycles.